The van der Waals surface area contributed by atoms with Crippen molar-refractivity contribution in [3.05, 3.63) is 22.6 Å². The molecule has 0 saturated heterocycles. The zero-order chi connectivity index (χ0) is 13.3. The monoisotopic (exact) mass is 267 g/mol. The molecule has 0 fully saturated rings. The summed E-state index contributed by atoms with van der Waals surface area (Å²) in [6.07, 6.45) is 0. The Balaban J connectivity index is 0.00000289. The van der Waals surface area contributed by atoms with Gasteiger partial charge in [0.05, 0.1) is 0 Å². The molecule has 0 bridgehead atoms. The van der Waals surface area contributed by atoms with E-state index in [4.69, 9.17) is 20.4 Å². The van der Waals surface area contributed by atoms with Crippen molar-refractivity contribution < 1.29 is 44.0 Å². The zero-order valence-electron chi connectivity index (χ0n) is 8.83. The van der Waals surface area contributed by atoms with Crippen LogP contribution in [0.2, 0.25) is 0 Å². The minimum absolute atomic E-state index is 0. The van der Waals surface area contributed by atoms with Gasteiger partial charge in [-0.15, -0.1) is 0 Å². The van der Waals surface area contributed by atoms with Gasteiger partial charge >= 0.3 is 23.9 Å². The Morgan fingerprint density at radius 1 is 0.667 bits per heavy atom. The Bertz CT molecular complexity index is 495. The zero-order valence-corrected chi connectivity index (χ0v) is 10.8. The van der Waals surface area contributed by atoms with Crippen LogP contribution in [0.5, 0.6) is 0 Å². The predicted molar refractivity (Wildman–Crippen MR) is 52.3 cm³/mol. The fraction of sp³-hybridized carbons (Fsp3) is 0. The average Bonchev–Trinajstić information content (AvgIpc) is 2.56. The third-order valence-corrected chi connectivity index (χ3v) is 1.72. The van der Waals surface area contributed by atoms with Crippen LogP contribution in [0.15, 0.2) is 4.42 Å². The molecule has 91 valence electrons. The first-order valence-corrected chi connectivity index (χ1v) is 3.87. The third kappa shape index (κ3) is 2.70. The molecule has 0 saturated carbocycles. The molecule has 1 rings (SSSR count). The number of hydrogen-bond acceptors (Lipinski definition) is 5. The SMILES string of the molecule is O=C(O)c1oc(C(=O)O)c(C(=O)O)c1C(=O)O.[Na]. The van der Waals surface area contributed by atoms with Gasteiger partial charge in [0.1, 0.15) is 11.1 Å². The van der Waals surface area contributed by atoms with Crippen molar-refractivity contribution in [2.24, 2.45) is 0 Å². The van der Waals surface area contributed by atoms with Gasteiger partial charge in [-0.05, 0) is 0 Å². The van der Waals surface area contributed by atoms with Crippen molar-refractivity contribution in [2.45, 2.75) is 0 Å². The maximum absolute atomic E-state index is 10.7. The van der Waals surface area contributed by atoms with E-state index in [-0.39, 0.29) is 29.6 Å². The van der Waals surface area contributed by atoms with Crippen LogP contribution in [0.25, 0.3) is 0 Å². The molecule has 1 radical (unpaired) electrons. The number of carbonyl (C=O) groups is 4. The van der Waals surface area contributed by atoms with Crippen molar-refractivity contribution >= 4 is 53.4 Å². The number of furan rings is 1. The Labute approximate surface area is 120 Å². The number of rotatable bonds is 4. The molecule has 9 nitrogen and oxygen atoms in total. The second kappa shape index (κ2) is 5.67. The summed E-state index contributed by atoms with van der Waals surface area (Å²) in [4.78, 5) is 42.6. The molecule has 18 heavy (non-hydrogen) atoms. The number of carboxylic acids is 4. The summed E-state index contributed by atoms with van der Waals surface area (Å²) < 4.78 is 4.23. The van der Waals surface area contributed by atoms with E-state index in [1.165, 1.54) is 0 Å². The van der Waals surface area contributed by atoms with Crippen molar-refractivity contribution in [3.8, 4) is 0 Å². The number of hydrogen-bond donors (Lipinski definition) is 4. The Morgan fingerprint density at radius 2 is 0.944 bits per heavy atom. The van der Waals surface area contributed by atoms with Crippen LogP contribution in [-0.4, -0.2) is 73.9 Å². The maximum atomic E-state index is 10.7. The summed E-state index contributed by atoms with van der Waals surface area (Å²) in [5, 5.41) is 34.5. The summed E-state index contributed by atoms with van der Waals surface area (Å²) in [6.45, 7) is 0. The van der Waals surface area contributed by atoms with E-state index in [1.54, 1.807) is 0 Å². The third-order valence-electron chi connectivity index (χ3n) is 1.72. The molecular weight excluding hydrogens is 263 g/mol. The molecule has 0 aliphatic heterocycles. The van der Waals surface area contributed by atoms with Gasteiger partial charge < -0.3 is 24.8 Å². The Hall–Kier alpha value is -1.84. The molecule has 0 atom stereocenters. The van der Waals surface area contributed by atoms with Crippen LogP contribution in [0.4, 0.5) is 0 Å². The van der Waals surface area contributed by atoms with E-state index in [0.717, 1.165) is 0 Å². The summed E-state index contributed by atoms with van der Waals surface area (Å²) >= 11 is 0. The molecule has 1 heterocycles. The van der Waals surface area contributed by atoms with E-state index in [1.807, 2.05) is 0 Å². The van der Waals surface area contributed by atoms with Crippen LogP contribution >= 0.6 is 0 Å². The fourth-order valence-electron chi connectivity index (χ4n) is 1.14. The van der Waals surface area contributed by atoms with Crippen molar-refractivity contribution in [3.63, 3.8) is 0 Å². The minimum atomic E-state index is -1.91. The molecule has 0 spiro atoms. The average molecular weight is 267 g/mol. The van der Waals surface area contributed by atoms with E-state index in [2.05, 4.69) is 4.42 Å². The molecular formula is C8H4NaO9. The minimum Gasteiger partial charge on any atom is -0.478 e. The summed E-state index contributed by atoms with van der Waals surface area (Å²) in [5.41, 5.74) is -2.41. The van der Waals surface area contributed by atoms with Crippen molar-refractivity contribution in [1.82, 2.24) is 0 Å². The molecule has 1 aromatic rings. The van der Waals surface area contributed by atoms with Gasteiger partial charge in [0.2, 0.25) is 11.5 Å². The van der Waals surface area contributed by atoms with Gasteiger partial charge in [-0.2, -0.15) is 0 Å². The first-order chi connectivity index (χ1) is 7.77. The van der Waals surface area contributed by atoms with Gasteiger partial charge in [-0.3, -0.25) is 0 Å². The molecule has 1 aromatic heterocycles. The van der Waals surface area contributed by atoms with Crippen molar-refractivity contribution in [1.29, 1.82) is 0 Å². The van der Waals surface area contributed by atoms with Crippen LogP contribution < -0.4 is 0 Å². The van der Waals surface area contributed by atoms with E-state index >= 15 is 0 Å². The second-order valence-electron chi connectivity index (χ2n) is 2.73. The van der Waals surface area contributed by atoms with Crippen molar-refractivity contribution in [2.75, 3.05) is 0 Å². The number of aromatic carboxylic acids is 4. The van der Waals surface area contributed by atoms with Crippen LogP contribution in [0, 0.1) is 0 Å². The van der Waals surface area contributed by atoms with Gasteiger partial charge in [-0.25, -0.2) is 19.2 Å². The fourth-order valence-corrected chi connectivity index (χ4v) is 1.14. The Morgan fingerprint density at radius 3 is 1.11 bits per heavy atom. The van der Waals surface area contributed by atoms with E-state index < -0.39 is 46.5 Å². The molecule has 0 unspecified atom stereocenters. The molecule has 0 amide bonds. The predicted octanol–water partition coefficient (Wildman–Crippen LogP) is -0.308. The summed E-state index contributed by atoms with van der Waals surface area (Å²) in [7, 11) is 0. The molecule has 4 N–H and O–H groups in total. The smallest absolute Gasteiger partial charge is 0.372 e. The molecule has 0 aliphatic carbocycles. The normalized spacial score (nSPS) is 9.33. The summed E-state index contributed by atoms with van der Waals surface area (Å²) in [6, 6.07) is 0. The van der Waals surface area contributed by atoms with Gasteiger partial charge in [-0.1, -0.05) is 0 Å². The molecule has 10 heteroatoms. The largest absolute Gasteiger partial charge is 0.478 e. The first kappa shape index (κ1) is 16.2. The standard InChI is InChI=1S/C8H4O9.Na/c9-5(10)1-2(6(11)12)4(8(15)16)17-3(1)7(13)14;/h(H,9,10)(H,11,12)(H,13,14)(H,15,16);. The quantitative estimate of drug-likeness (QED) is 0.535. The van der Waals surface area contributed by atoms with Gasteiger partial charge in [0.15, 0.2) is 0 Å². The van der Waals surface area contributed by atoms with Crippen LogP contribution in [-0.2, 0) is 0 Å². The maximum Gasteiger partial charge on any atom is 0.372 e. The molecule has 0 aromatic carbocycles. The topological polar surface area (TPSA) is 162 Å². The molecule has 0 aliphatic rings. The van der Waals surface area contributed by atoms with Crippen LogP contribution in [0.1, 0.15) is 41.8 Å². The summed E-state index contributed by atoms with van der Waals surface area (Å²) in [5.74, 6) is -10.1. The van der Waals surface area contributed by atoms with E-state index in [0.29, 0.717) is 0 Å². The van der Waals surface area contributed by atoms with Gasteiger partial charge in [0.25, 0.3) is 0 Å². The van der Waals surface area contributed by atoms with E-state index in [9.17, 15) is 19.2 Å². The van der Waals surface area contributed by atoms with Gasteiger partial charge in [0, 0.05) is 29.6 Å². The second-order valence-corrected chi connectivity index (χ2v) is 2.73. The number of carboxylic acid groups (broad SMARTS) is 4. The first-order valence-electron chi connectivity index (χ1n) is 3.87. The van der Waals surface area contributed by atoms with Crippen LogP contribution in [0.3, 0.4) is 0 Å². The Kier molecular flexibility index (Phi) is 5.09.